The van der Waals surface area contributed by atoms with E-state index < -0.39 is 0 Å². The van der Waals surface area contributed by atoms with Crippen LogP contribution in [-0.2, 0) is 17.6 Å². The molecule has 2 aliphatic rings. The molecule has 0 aliphatic carbocycles. The molecular formula is C23H28N4O3. The lowest BCUT2D eigenvalue weighted by molar-refractivity contribution is -0.117. The van der Waals surface area contributed by atoms with Gasteiger partial charge in [0.25, 0.3) is 0 Å². The van der Waals surface area contributed by atoms with E-state index >= 15 is 0 Å². The van der Waals surface area contributed by atoms with Gasteiger partial charge in [-0.05, 0) is 55.5 Å². The molecule has 0 unspecified atom stereocenters. The van der Waals surface area contributed by atoms with E-state index in [1.807, 2.05) is 48.2 Å². The zero-order chi connectivity index (χ0) is 20.8. The van der Waals surface area contributed by atoms with Gasteiger partial charge in [0.05, 0.1) is 0 Å². The molecule has 0 bridgehead atoms. The summed E-state index contributed by atoms with van der Waals surface area (Å²) in [5.74, 6) is 2.26. The van der Waals surface area contributed by atoms with Crippen LogP contribution >= 0.6 is 0 Å². The Labute approximate surface area is 177 Å². The third-order valence-electron chi connectivity index (χ3n) is 5.27. The molecule has 30 heavy (non-hydrogen) atoms. The topological polar surface area (TPSA) is 75.2 Å². The van der Waals surface area contributed by atoms with E-state index in [0.717, 1.165) is 55.1 Å². The molecule has 0 fully saturated rings. The molecule has 0 saturated carbocycles. The van der Waals surface area contributed by atoms with Crippen molar-refractivity contribution in [2.75, 3.05) is 37.9 Å². The van der Waals surface area contributed by atoms with Crippen molar-refractivity contribution in [3.05, 3.63) is 53.6 Å². The van der Waals surface area contributed by atoms with E-state index in [0.29, 0.717) is 12.5 Å². The highest BCUT2D eigenvalue weighted by Crippen LogP contribution is 2.32. The van der Waals surface area contributed by atoms with Gasteiger partial charge in [-0.15, -0.1) is 0 Å². The maximum atomic E-state index is 12.8. The van der Waals surface area contributed by atoms with Crippen molar-refractivity contribution in [3.8, 4) is 11.5 Å². The van der Waals surface area contributed by atoms with Crippen molar-refractivity contribution < 1.29 is 14.3 Å². The van der Waals surface area contributed by atoms with Crippen LogP contribution in [0.15, 0.2) is 47.5 Å². The van der Waals surface area contributed by atoms with E-state index in [1.54, 1.807) is 0 Å². The number of fused-ring (bicyclic) bond motifs is 2. The lowest BCUT2D eigenvalue weighted by Crippen LogP contribution is -2.41. The minimum atomic E-state index is 0.0233. The lowest BCUT2D eigenvalue weighted by Gasteiger charge is -2.29. The fourth-order valence-electron chi connectivity index (χ4n) is 3.79. The number of para-hydroxylation sites is 1. The third-order valence-corrected chi connectivity index (χ3v) is 5.27. The Morgan fingerprint density at radius 3 is 2.90 bits per heavy atom. The molecule has 2 aromatic carbocycles. The highest BCUT2D eigenvalue weighted by molar-refractivity contribution is 5.97. The molecule has 0 spiro atoms. The second-order valence-electron chi connectivity index (χ2n) is 7.34. The van der Waals surface area contributed by atoms with Gasteiger partial charge in [-0.2, -0.15) is 0 Å². The number of hydrogen-bond donors (Lipinski definition) is 2. The minimum absolute atomic E-state index is 0.0233. The summed E-state index contributed by atoms with van der Waals surface area (Å²) in [5, 5.41) is 6.52. The van der Waals surface area contributed by atoms with Crippen molar-refractivity contribution in [2.45, 2.75) is 26.2 Å². The standard InChI is InChI=1S/C23H28N4O3/c1-2-24-23(25-12-11-17-9-10-20-21(14-17)30-16-29-20)26-15-22(28)27-13-5-7-18-6-3-4-8-19(18)27/h3-4,6,8-10,14H,2,5,7,11-13,15-16H2,1H3,(H2,24,25,26). The maximum absolute atomic E-state index is 12.8. The van der Waals surface area contributed by atoms with Crippen molar-refractivity contribution in [2.24, 2.45) is 4.99 Å². The fraction of sp³-hybridized carbons (Fsp3) is 0.391. The molecular weight excluding hydrogens is 380 g/mol. The number of guanidine groups is 1. The number of benzene rings is 2. The molecule has 2 heterocycles. The third kappa shape index (κ3) is 4.67. The first-order valence-electron chi connectivity index (χ1n) is 10.5. The quantitative estimate of drug-likeness (QED) is 0.567. The molecule has 158 valence electrons. The average molecular weight is 409 g/mol. The van der Waals surface area contributed by atoms with E-state index in [9.17, 15) is 4.79 Å². The molecule has 1 amide bonds. The molecule has 7 nitrogen and oxygen atoms in total. The van der Waals surface area contributed by atoms with E-state index in [1.165, 1.54) is 5.56 Å². The van der Waals surface area contributed by atoms with Gasteiger partial charge in [0.15, 0.2) is 17.5 Å². The van der Waals surface area contributed by atoms with Crippen LogP contribution in [0.25, 0.3) is 0 Å². The summed E-state index contributed by atoms with van der Waals surface area (Å²) in [6, 6.07) is 14.1. The summed E-state index contributed by atoms with van der Waals surface area (Å²) in [5.41, 5.74) is 3.41. The van der Waals surface area contributed by atoms with Crippen molar-refractivity contribution in [1.82, 2.24) is 10.6 Å². The van der Waals surface area contributed by atoms with Gasteiger partial charge < -0.3 is 25.0 Å². The monoisotopic (exact) mass is 408 g/mol. The first-order chi connectivity index (χ1) is 14.7. The smallest absolute Gasteiger partial charge is 0.248 e. The molecule has 0 saturated heterocycles. The average Bonchev–Trinajstić information content (AvgIpc) is 3.25. The number of aryl methyl sites for hydroxylation is 1. The van der Waals surface area contributed by atoms with Gasteiger partial charge in [0.2, 0.25) is 12.7 Å². The number of nitrogens with one attached hydrogen (secondary N) is 2. The number of carbonyl (C=O) groups excluding carboxylic acids is 1. The normalized spacial score (nSPS) is 15.0. The SMILES string of the molecule is CCNC(=NCC(=O)N1CCCc2ccccc21)NCCc1ccc2c(c1)OCO2. The van der Waals surface area contributed by atoms with Gasteiger partial charge in [0.1, 0.15) is 6.54 Å². The number of aliphatic imine (C=N–C) groups is 1. The number of amides is 1. The highest BCUT2D eigenvalue weighted by Gasteiger charge is 2.21. The minimum Gasteiger partial charge on any atom is -0.454 e. The molecule has 0 aromatic heterocycles. The van der Waals surface area contributed by atoms with Gasteiger partial charge in [-0.1, -0.05) is 24.3 Å². The maximum Gasteiger partial charge on any atom is 0.248 e. The van der Waals surface area contributed by atoms with Gasteiger partial charge in [0, 0.05) is 25.3 Å². The summed E-state index contributed by atoms with van der Waals surface area (Å²) in [6.45, 7) is 4.59. The second-order valence-corrected chi connectivity index (χ2v) is 7.34. The molecule has 2 N–H and O–H groups in total. The molecule has 0 radical (unpaired) electrons. The van der Waals surface area contributed by atoms with Gasteiger partial charge >= 0.3 is 0 Å². The molecule has 2 aromatic rings. The summed E-state index contributed by atoms with van der Waals surface area (Å²) < 4.78 is 10.8. The summed E-state index contributed by atoms with van der Waals surface area (Å²) in [7, 11) is 0. The van der Waals surface area contributed by atoms with Crippen molar-refractivity contribution in [3.63, 3.8) is 0 Å². The summed E-state index contributed by atoms with van der Waals surface area (Å²) in [6.07, 6.45) is 2.82. The van der Waals surface area contributed by atoms with Crippen LogP contribution in [0.5, 0.6) is 11.5 Å². The van der Waals surface area contributed by atoms with Crippen LogP contribution in [0, 0.1) is 0 Å². The zero-order valence-corrected chi connectivity index (χ0v) is 17.3. The Balaban J connectivity index is 1.33. The van der Waals surface area contributed by atoms with E-state index in [2.05, 4.69) is 21.7 Å². The molecule has 2 aliphatic heterocycles. The van der Waals surface area contributed by atoms with Gasteiger partial charge in [-0.3, -0.25) is 4.79 Å². The number of nitrogens with zero attached hydrogens (tertiary/aromatic N) is 2. The van der Waals surface area contributed by atoms with E-state index in [4.69, 9.17) is 9.47 Å². The number of anilines is 1. The van der Waals surface area contributed by atoms with Crippen LogP contribution < -0.4 is 25.0 Å². The Morgan fingerprint density at radius 1 is 1.13 bits per heavy atom. The zero-order valence-electron chi connectivity index (χ0n) is 17.3. The highest BCUT2D eigenvalue weighted by atomic mass is 16.7. The van der Waals surface area contributed by atoms with Crippen LogP contribution in [0.3, 0.4) is 0 Å². The second kappa shape index (κ2) is 9.52. The predicted molar refractivity (Wildman–Crippen MR) is 117 cm³/mol. The van der Waals surface area contributed by atoms with Crippen LogP contribution in [0.1, 0.15) is 24.5 Å². The number of rotatable bonds is 6. The lowest BCUT2D eigenvalue weighted by atomic mass is 10.0. The first kappa shape index (κ1) is 20.1. The fourth-order valence-corrected chi connectivity index (χ4v) is 3.79. The predicted octanol–water partition coefficient (Wildman–Crippen LogP) is 2.49. The van der Waals surface area contributed by atoms with Crippen molar-refractivity contribution in [1.29, 1.82) is 0 Å². The first-order valence-corrected chi connectivity index (χ1v) is 10.5. The Kier molecular flexibility index (Phi) is 6.37. The van der Waals surface area contributed by atoms with E-state index in [-0.39, 0.29) is 19.2 Å². The Morgan fingerprint density at radius 2 is 2.00 bits per heavy atom. The van der Waals surface area contributed by atoms with Crippen LogP contribution in [-0.4, -0.2) is 44.8 Å². The Bertz CT molecular complexity index is 928. The number of carbonyl (C=O) groups is 1. The molecule has 4 rings (SSSR count). The largest absolute Gasteiger partial charge is 0.454 e. The molecule has 0 atom stereocenters. The van der Waals surface area contributed by atoms with Crippen LogP contribution in [0.4, 0.5) is 5.69 Å². The Hall–Kier alpha value is -3.22. The van der Waals surface area contributed by atoms with Gasteiger partial charge in [-0.25, -0.2) is 4.99 Å². The van der Waals surface area contributed by atoms with Crippen molar-refractivity contribution >= 4 is 17.6 Å². The molecule has 7 heteroatoms. The summed E-state index contributed by atoms with van der Waals surface area (Å²) >= 11 is 0. The number of hydrogen-bond acceptors (Lipinski definition) is 4. The number of ether oxygens (including phenoxy) is 2. The summed E-state index contributed by atoms with van der Waals surface area (Å²) in [4.78, 5) is 19.2. The van der Waals surface area contributed by atoms with Crippen LogP contribution in [0.2, 0.25) is 0 Å².